The summed E-state index contributed by atoms with van der Waals surface area (Å²) in [6, 6.07) is 5.19. The van der Waals surface area contributed by atoms with Crippen LogP contribution in [0, 0.1) is 12.7 Å². The normalized spacial score (nSPS) is 16.0. The summed E-state index contributed by atoms with van der Waals surface area (Å²) in [4.78, 5) is 14.1. The Morgan fingerprint density at radius 1 is 1.35 bits per heavy atom. The van der Waals surface area contributed by atoms with Gasteiger partial charge in [-0.1, -0.05) is 12.1 Å². The van der Waals surface area contributed by atoms with E-state index in [0.29, 0.717) is 12.0 Å². The topological polar surface area (TPSA) is 32.3 Å². The van der Waals surface area contributed by atoms with Crippen LogP contribution < -0.4 is 5.32 Å². The van der Waals surface area contributed by atoms with Crippen molar-refractivity contribution in [2.75, 3.05) is 26.2 Å². The molecule has 0 atom stereocenters. The van der Waals surface area contributed by atoms with Gasteiger partial charge in [0.1, 0.15) is 5.82 Å². The van der Waals surface area contributed by atoms with Gasteiger partial charge in [0.15, 0.2) is 0 Å². The summed E-state index contributed by atoms with van der Waals surface area (Å²) < 4.78 is 13.2. The summed E-state index contributed by atoms with van der Waals surface area (Å²) in [6.45, 7) is 5.34. The summed E-state index contributed by atoms with van der Waals surface area (Å²) in [5.41, 5.74) is 1.78. The minimum atomic E-state index is -0.165. The molecule has 1 heterocycles. The number of hydrogen-bond donors (Lipinski definition) is 1. The van der Waals surface area contributed by atoms with Gasteiger partial charge in [0, 0.05) is 26.1 Å². The number of aryl methyl sites for hydroxylation is 2. The van der Waals surface area contributed by atoms with Gasteiger partial charge in [-0.05, 0) is 49.9 Å². The second kappa shape index (κ2) is 7.39. The average molecular weight is 278 g/mol. The number of benzene rings is 1. The Morgan fingerprint density at radius 2 is 2.20 bits per heavy atom. The van der Waals surface area contributed by atoms with E-state index in [9.17, 15) is 9.18 Å². The molecule has 3 nitrogen and oxygen atoms in total. The fourth-order valence-electron chi connectivity index (χ4n) is 2.56. The molecule has 1 saturated heterocycles. The van der Waals surface area contributed by atoms with Crippen LogP contribution in [-0.2, 0) is 11.2 Å². The van der Waals surface area contributed by atoms with Crippen LogP contribution in [0.2, 0.25) is 0 Å². The van der Waals surface area contributed by atoms with Gasteiger partial charge < -0.3 is 10.2 Å². The first-order chi connectivity index (χ1) is 9.66. The molecule has 4 heteroatoms. The lowest BCUT2D eigenvalue weighted by molar-refractivity contribution is -0.131. The highest BCUT2D eigenvalue weighted by Crippen LogP contribution is 2.12. The van der Waals surface area contributed by atoms with E-state index in [1.807, 2.05) is 17.0 Å². The number of carbonyl (C=O) groups excluding carboxylic acids is 1. The molecule has 0 saturated carbocycles. The molecular formula is C16H23FN2O. The fraction of sp³-hybridized carbons (Fsp3) is 0.562. The summed E-state index contributed by atoms with van der Waals surface area (Å²) in [6.07, 6.45) is 3.27. The van der Waals surface area contributed by atoms with E-state index in [1.54, 1.807) is 6.92 Å². The fourth-order valence-corrected chi connectivity index (χ4v) is 2.56. The molecule has 0 aromatic heterocycles. The van der Waals surface area contributed by atoms with Crippen LogP contribution >= 0.6 is 0 Å². The molecule has 110 valence electrons. The van der Waals surface area contributed by atoms with Gasteiger partial charge in [-0.2, -0.15) is 0 Å². The third kappa shape index (κ3) is 4.30. The minimum absolute atomic E-state index is 0.165. The van der Waals surface area contributed by atoms with E-state index in [4.69, 9.17) is 0 Å². The highest BCUT2D eigenvalue weighted by molar-refractivity contribution is 5.76. The molecule has 1 fully saturated rings. The molecule has 1 aromatic carbocycles. The van der Waals surface area contributed by atoms with Crippen molar-refractivity contribution in [3.63, 3.8) is 0 Å². The number of carbonyl (C=O) groups is 1. The molecule has 0 bridgehead atoms. The van der Waals surface area contributed by atoms with Crippen molar-refractivity contribution in [3.05, 3.63) is 35.1 Å². The Hall–Kier alpha value is -1.42. The van der Waals surface area contributed by atoms with Crippen molar-refractivity contribution in [1.82, 2.24) is 10.2 Å². The number of hydrogen-bond acceptors (Lipinski definition) is 2. The molecule has 2 rings (SSSR count). The summed E-state index contributed by atoms with van der Waals surface area (Å²) in [7, 11) is 0. The number of nitrogens with zero attached hydrogens (tertiary/aromatic N) is 1. The van der Waals surface area contributed by atoms with E-state index >= 15 is 0 Å². The third-order valence-corrected chi connectivity index (χ3v) is 3.77. The van der Waals surface area contributed by atoms with Gasteiger partial charge in [0.2, 0.25) is 5.91 Å². The standard InChI is InChI=1S/C16H23FN2O/c1-13-12-14(6-7-15(13)17)4-2-5-16(20)19-10-3-8-18-9-11-19/h6-7,12,18H,2-5,8-11H2,1H3. The minimum Gasteiger partial charge on any atom is -0.341 e. The molecular weight excluding hydrogens is 255 g/mol. The zero-order chi connectivity index (χ0) is 14.4. The molecule has 1 aliphatic heterocycles. The van der Waals surface area contributed by atoms with Crippen molar-refractivity contribution >= 4 is 5.91 Å². The predicted octanol–water partition coefficient (Wildman–Crippen LogP) is 2.28. The first-order valence-corrected chi connectivity index (χ1v) is 7.40. The Balaban J connectivity index is 1.76. The lowest BCUT2D eigenvalue weighted by Crippen LogP contribution is -2.34. The van der Waals surface area contributed by atoms with E-state index in [1.165, 1.54) is 6.07 Å². The van der Waals surface area contributed by atoms with Crippen molar-refractivity contribution < 1.29 is 9.18 Å². The van der Waals surface area contributed by atoms with Crippen molar-refractivity contribution in [1.29, 1.82) is 0 Å². The molecule has 1 N–H and O–H groups in total. The monoisotopic (exact) mass is 278 g/mol. The maximum absolute atomic E-state index is 13.2. The number of rotatable bonds is 4. The van der Waals surface area contributed by atoms with Crippen LogP contribution in [0.1, 0.15) is 30.4 Å². The average Bonchev–Trinajstić information content (AvgIpc) is 2.71. The second-order valence-corrected chi connectivity index (χ2v) is 5.42. The van der Waals surface area contributed by atoms with Gasteiger partial charge in [0.25, 0.3) is 0 Å². The molecule has 0 spiro atoms. The first kappa shape index (κ1) is 15.0. The molecule has 1 aromatic rings. The number of halogens is 1. The van der Waals surface area contributed by atoms with Crippen LogP contribution in [0.15, 0.2) is 18.2 Å². The summed E-state index contributed by atoms with van der Waals surface area (Å²) in [5.74, 6) is 0.0782. The smallest absolute Gasteiger partial charge is 0.222 e. The summed E-state index contributed by atoms with van der Waals surface area (Å²) >= 11 is 0. The van der Waals surface area contributed by atoms with E-state index < -0.39 is 0 Å². The van der Waals surface area contributed by atoms with Gasteiger partial charge >= 0.3 is 0 Å². The van der Waals surface area contributed by atoms with E-state index in [-0.39, 0.29) is 11.7 Å². The zero-order valence-corrected chi connectivity index (χ0v) is 12.1. The molecule has 1 aliphatic rings. The molecule has 0 aliphatic carbocycles. The van der Waals surface area contributed by atoms with Crippen LogP contribution in [0.5, 0.6) is 0 Å². The Kier molecular flexibility index (Phi) is 5.53. The third-order valence-electron chi connectivity index (χ3n) is 3.77. The van der Waals surface area contributed by atoms with Crippen LogP contribution in [-0.4, -0.2) is 37.0 Å². The van der Waals surface area contributed by atoms with E-state index in [0.717, 1.165) is 51.0 Å². The van der Waals surface area contributed by atoms with Crippen LogP contribution in [0.3, 0.4) is 0 Å². The second-order valence-electron chi connectivity index (χ2n) is 5.42. The van der Waals surface area contributed by atoms with Crippen molar-refractivity contribution in [3.8, 4) is 0 Å². The maximum atomic E-state index is 13.2. The van der Waals surface area contributed by atoms with E-state index in [2.05, 4.69) is 5.32 Å². The number of amides is 1. The largest absolute Gasteiger partial charge is 0.341 e. The van der Waals surface area contributed by atoms with Crippen molar-refractivity contribution in [2.24, 2.45) is 0 Å². The lowest BCUT2D eigenvalue weighted by atomic mass is 10.1. The highest BCUT2D eigenvalue weighted by Gasteiger charge is 2.14. The molecule has 0 radical (unpaired) electrons. The van der Waals surface area contributed by atoms with Gasteiger partial charge in [-0.3, -0.25) is 4.79 Å². The van der Waals surface area contributed by atoms with Gasteiger partial charge in [-0.15, -0.1) is 0 Å². The SMILES string of the molecule is Cc1cc(CCCC(=O)N2CCCNCC2)ccc1F. The predicted molar refractivity (Wildman–Crippen MR) is 78.1 cm³/mol. The Labute approximate surface area is 120 Å². The maximum Gasteiger partial charge on any atom is 0.222 e. The van der Waals surface area contributed by atoms with Crippen molar-refractivity contribution in [2.45, 2.75) is 32.6 Å². The first-order valence-electron chi connectivity index (χ1n) is 7.40. The lowest BCUT2D eigenvalue weighted by Gasteiger charge is -2.19. The van der Waals surface area contributed by atoms with Gasteiger partial charge in [-0.25, -0.2) is 4.39 Å². The van der Waals surface area contributed by atoms with Crippen LogP contribution in [0.4, 0.5) is 4.39 Å². The molecule has 20 heavy (non-hydrogen) atoms. The molecule has 1 amide bonds. The van der Waals surface area contributed by atoms with Gasteiger partial charge in [0.05, 0.1) is 0 Å². The highest BCUT2D eigenvalue weighted by atomic mass is 19.1. The number of nitrogens with one attached hydrogen (secondary N) is 1. The molecule has 0 unspecified atom stereocenters. The quantitative estimate of drug-likeness (QED) is 0.916. The Morgan fingerprint density at radius 3 is 3.00 bits per heavy atom. The zero-order valence-electron chi connectivity index (χ0n) is 12.1. The van der Waals surface area contributed by atoms with Crippen LogP contribution in [0.25, 0.3) is 0 Å². The Bertz CT molecular complexity index is 454. The summed E-state index contributed by atoms with van der Waals surface area (Å²) in [5, 5.41) is 3.30.